The first-order valence-electron chi connectivity index (χ1n) is 6.66. The highest BCUT2D eigenvalue weighted by Gasteiger charge is 2.29. The van der Waals surface area contributed by atoms with E-state index in [0.29, 0.717) is 11.3 Å². The number of anilines is 1. The van der Waals surface area contributed by atoms with E-state index in [1.807, 2.05) is 6.07 Å². The van der Waals surface area contributed by atoms with Crippen LogP contribution in [-0.4, -0.2) is 11.3 Å². The van der Waals surface area contributed by atoms with Crippen LogP contribution in [0.4, 0.5) is 18.9 Å². The molecule has 24 heavy (non-hydrogen) atoms. The molecule has 0 aromatic heterocycles. The van der Waals surface area contributed by atoms with E-state index in [1.54, 1.807) is 24.3 Å². The highest BCUT2D eigenvalue weighted by atomic mass is 32.1. The summed E-state index contributed by atoms with van der Waals surface area (Å²) in [6, 6.07) is 13.2. The van der Waals surface area contributed by atoms with E-state index in [0.717, 1.165) is 17.7 Å². The third-order valence-electron chi connectivity index (χ3n) is 2.89. The first-order chi connectivity index (χ1) is 11.4. The van der Waals surface area contributed by atoms with Gasteiger partial charge < -0.3 is 5.32 Å². The van der Waals surface area contributed by atoms with Crippen molar-refractivity contribution < 1.29 is 13.2 Å². The molecule has 2 aromatic rings. The standard InChI is InChI=1S/C16H11F3N4S/c17-16(18,19)13-5-7-14(8-6-13)22-15(24)23-21-10-12-3-1-11(9-20)2-4-12/h1-8,10H,(H2,22,23,24)/b21-10+. The summed E-state index contributed by atoms with van der Waals surface area (Å²) in [4.78, 5) is 0. The van der Waals surface area contributed by atoms with Gasteiger partial charge in [-0.05, 0) is 54.2 Å². The molecule has 122 valence electrons. The largest absolute Gasteiger partial charge is 0.416 e. The Hall–Kier alpha value is -2.92. The average Bonchev–Trinajstić information content (AvgIpc) is 2.55. The van der Waals surface area contributed by atoms with Gasteiger partial charge in [-0.3, -0.25) is 5.43 Å². The maximum Gasteiger partial charge on any atom is 0.416 e. The Kier molecular flexibility index (Phi) is 5.50. The molecule has 0 radical (unpaired) electrons. The van der Waals surface area contributed by atoms with Gasteiger partial charge in [-0.2, -0.15) is 23.5 Å². The van der Waals surface area contributed by atoms with Crippen LogP contribution in [0, 0.1) is 11.3 Å². The minimum atomic E-state index is -4.37. The topological polar surface area (TPSA) is 60.2 Å². The molecule has 2 aromatic carbocycles. The Bertz CT molecular complexity index is 775. The normalized spacial score (nSPS) is 11.1. The predicted octanol–water partition coefficient (Wildman–Crippen LogP) is 3.90. The van der Waals surface area contributed by atoms with Crippen molar-refractivity contribution >= 4 is 29.2 Å². The van der Waals surface area contributed by atoms with Gasteiger partial charge in [0.2, 0.25) is 0 Å². The molecule has 0 saturated carbocycles. The molecule has 0 atom stereocenters. The molecule has 0 fully saturated rings. The van der Waals surface area contributed by atoms with Crippen molar-refractivity contribution in [3.8, 4) is 6.07 Å². The zero-order valence-electron chi connectivity index (χ0n) is 12.1. The second-order valence-corrected chi connectivity index (χ2v) is 5.04. The smallest absolute Gasteiger partial charge is 0.331 e. The van der Waals surface area contributed by atoms with Crippen molar-refractivity contribution in [1.82, 2.24) is 5.43 Å². The number of nitriles is 1. The number of hydrogen-bond acceptors (Lipinski definition) is 3. The summed E-state index contributed by atoms with van der Waals surface area (Å²) in [5.41, 5.74) is 3.54. The Morgan fingerprint density at radius 1 is 1.08 bits per heavy atom. The number of hydrazone groups is 1. The van der Waals surface area contributed by atoms with E-state index >= 15 is 0 Å². The maximum absolute atomic E-state index is 12.5. The molecule has 2 rings (SSSR count). The lowest BCUT2D eigenvalue weighted by molar-refractivity contribution is -0.137. The summed E-state index contributed by atoms with van der Waals surface area (Å²) in [5, 5.41) is 15.5. The van der Waals surface area contributed by atoms with Crippen molar-refractivity contribution in [3.05, 3.63) is 65.2 Å². The summed E-state index contributed by atoms with van der Waals surface area (Å²) in [7, 11) is 0. The minimum Gasteiger partial charge on any atom is -0.331 e. The van der Waals surface area contributed by atoms with Crippen LogP contribution in [0.3, 0.4) is 0 Å². The third kappa shape index (κ3) is 5.07. The number of hydrogen-bond donors (Lipinski definition) is 2. The second-order valence-electron chi connectivity index (χ2n) is 4.63. The van der Waals surface area contributed by atoms with Gasteiger partial charge in [0.05, 0.1) is 23.4 Å². The van der Waals surface area contributed by atoms with E-state index in [-0.39, 0.29) is 5.11 Å². The fourth-order valence-corrected chi connectivity index (χ4v) is 1.88. The first kappa shape index (κ1) is 17.4. The van der Waals surface area contributed by atoms with Crippen molar-refractivity contribution in [1.29, 1.82) is 5.26 Å². The second kappa shape index (κ2) is 7.57. The molecule has 0 aliphatic rings. The highest BCUT2D eigenvalue weighted by molar-refractivity contribution is 7.80. The Morgan fingerprint density at radius 2 is 1.71 bits per heavy atom. The monoisotopic (exact) mass is 348 g/mol. The van der Waals surface area contributed by atoms with Crippen LogP contribution in [0.15, 0.2) is 53.6 Å². The Morgan fingerprint density at radius 3 is 2.25 bits per heavy atom. The van der Waals surface area contributed by atoms with Crippen molar-refractivity contribution in [2.45, 2.75) is 6.18 Å². The number of nitrogens with one attached hydrogen (secondary N) is 2. The first-order valence-corrected chi connectivity index (χ1v) is 7.07. The van der Waals surface area contributed by atoms with Crippen LogP contribution >= 0.6 is 12.2 Å². The molecule has 8 heteroatoms. The van der Waals surface area contributed by atoms with Gasteiger partial charge in [0.15, 0.2) is 5.11 Å². The SMILES string of the molecule is N#Cc1ccc(/C=N/NC(=S)Nc2ccc(C(F)(F)F)cc2)cc1. The van der Waals surface area contributed by atoms with Gasteiger partial charge >= 0.3 is 6.18 Å². The van der Waals surface area contributed by atoms with E-state index in [1.165, 1.54) is 18.3 Å². The van der Waals surface area contributed by atoms with Crippen LogP contribution in [0.25, 0.3) is 0 Å². The summed E-state index contributed by atoms with van der Waals surface area (Å²) in [5.74, 6) is 0. The molecule has 4 nitrogen and oxygen atoms in total. The van der Waals surface area contributed by atoms with E-state index < -0.39 is 11.7 Å². The molecule has 0 bridgehead atoms. The van der Waals surface area contributed by atoms with E-state index in [9.17, 15) is 13.2 Å². The van der Waals surface area contributed by atoms with Gasteiger partial charge in [0, 0.05) is 5.69 Å². The van der Waals surface area contributed by atoms with E-state index in [4.69, 9.17) is 17.5 Å². The van der Waals surface area contributed by atoms with Gasteiger partial charge in [-0.15, -0.1) is 0 Å². The summed E-state index contributed by atoms with van der Waals surface area (Å²) < 4.78 is 37.4. The van der Waals surface area contributed by atoms with Crippen molar-refractivity contribution in [2.24, 2.45) is 5.10 Å². The molecular formula is C16H11F3N4S. The van der Waals surface area contributed by atoms with Crippen molar-refractivity contribution in [3.63, 3.8) is 0 Å². The maximum atomic E-state index is 12.5. The zero-order valence-corrected chi connectivity index (χ0v) is 12.9. The fraction of sp³-hybridized carbons (Fsp3) is 0.0625. The average molecular weight is 348 g/mol. The molecule has 0 saturated heterocycles. The predicted molar refractivity (Wildman–Crippen MR) is 89.6 cm³/mol. The molecular weight excluding hydrogens is 337 g/mol. The lowest BCUT2D eigenvalue weighted by Gasteiger charge is -2.09. The van der Waals surface area contributed by atoms with Gasteiger partial charge in [-0.1, -0.05) is 12.1 Å². The minimum absolute atomic E-state index is 0.139. The molecule has 0 unspecified atom stereocenters. The van der Waals surface area contributed by atoms with Gasteiger partial charge in [-0.25, -0.2) is 0 Å². The molecule has 0 heterocycles. The van der Waals surface area contributed by atoms with Gasteiger partial charge in [0.1, 0.15) is 0 Å². The van der Waals surface area contributed by atoms with Crippen LogP contribution in [-0.2, 0) is 6.18 Å². The Balaban J connectivity index is 1.88. The summed E-state index contributed by atoms with van der Waals surface area (Å²) >= 11 is 5.00. The van der Waals surface area contributed by atoms with Gasteiger partial charge in [0.25, 0.3) is 0 Å². The summed E-state index contributed by atoms with van der Waals surface area (Å²) in [6.45, 7) is 0. The Labute approximate surface area is 141 Å². The number of benzene rings is 2. The number of alkyl halides is 3. The number of rotatable bonds is 3. The lowest BCUT2D eigenvalue weighted by atomic mass is 10.2. The number of halogens is 3. The van der Waals surface area contributed by atoms with Crippen molar-refractivity contribution in [2.75, 3.05) is 5.32 Å². The van der Waals surface area contributed by atoms with Crippen LogP contribution in [0.5, 0.6) is 0 Å². The molecule has 0 amide bonds. The van der Waals surface area contributed by atoms with E-state index in [2.05, 4.69) is 15.8 Å². The number of thiocarbonyl (C=S) groups is 1. The highest BCUT2D eigenvalue weighted by Crippen LogP contribution is 2.29. The van der Waals surface area contributed by atoms with Crippen LogP contribution in [0.1, 0.15) is 16.7 Å². The van der Waals surface area contributed by atoms with Crippen LogP contribution < -0.4 is 10.7 Å². The number of nitrogens with zero attached hydrogens (tertiary/aromatic N) is 2. The molecule has 2 N–H and O–H groups in total. The quantitative estimate of drug-likeness (QED) is 0.502. The lowest BCUT2D eigenvalue weighted by Crippen LogP contribution is -2.23. The summed E-state index contributed by atoms with van der Waals surface area (Å²) in [6.07, 6.45) is -2.87. The zero-order chi connectivity index (χ0) is 17.6. The fourth-order valence-electron chi connectivity index (χ4n) is 1.71. The molecule has 0 aliphatic heterocycles. The molecule has 0 aliphatic carbocycles. The molecule has 0 spiro atoms. The van der Waals surface area contributed by atoms with Crippen LogP contribution in [0.2, 0.25) is 0 Å². The third-order valence-corrected chi connectivity index (χ3v) is 3.08.